The predicted molar refractivity (Wildman–Crippen MR) is 62.7 cm³/mol. The molecule has 0 atom stereocenters. The molecular weight excluding hydrogens is 526 g/mol. The third kappa shape index (κ3) is 5.35. The Labute approximate surface area is 151 Å². The van der Waals surface area contributed by atoms with Crippen LogP contribution >= 0.6 is 0 Å². The number of benzene rings is 1. The highest BCUT2D eigenvalue weighted by atomic mass is 127. The van der Waals surface area contributed by atoms with Crippen LogP contribution in [-0.2, 0) is 13.2 Å². The molecule has 0 spiro atoms. The smallest absolute Gasteiger partial charge is 0.521 e. The molecule has 0 saturated carbocycles. The van der Waals surface area contributed by atoms with Crippen LogP contribution in [0.1, 0.15) is 0 Å². The maximum absolute atomic E-state index is 12.2. The lowest BCUT2D eigenvalue weighted by Gasteiger charge is -2.34. The van der Waals surface area contributed by atoms with Gasteiger partial charge in [0.25, 0.3) is 0 Å². The summed E-state index contributed by atoms with van der Waals surface area (Å²) in [6.07, 6.45) is -7.16. The highest BCUT2D eigenvalue weighted by Crippen LogP contribution is 2.54. The van der Waals surface area contributed by atoms with Gasteiger partial charge in [-0.1, -0.05) is 18.2 Å². The molecule has 0 saturated heterocycles. The second-order valence-electron chi connectivity index (χ2n) is 4.14. The van der Waals surface area contributed by atoms with Gasteiger partial charge in [0.15, 0.2) is 10.1 Å². The van der Waals surface area contributed by atoms with Crippen molar-refractivity contribution in [3.63, 3.8) is 0 Å². The molecule has 0 heterocycles. The Hall–Kier alpha value is -0.810. The number of rotatable bonds is 5. The van der Waals surface area contributed by atoms with Crippen molar-refractivity contribution in [1.29, 1.82) is 0 Å². The van der Waals surface area contributed by atoms with Crippen LogP contribution in [0.5, 0.6) is 0 Å². The van der Waals surface area contributed by atoms with Crippen LogP contribution in [0.15, 0.2) is 30.3 Å². The van der Waals surface area contributed by atoms with E-state index >= 15 is 0 Å². The summed E-state index contributed by atoms with van der Waals surface area (Å²) in [5.41, 5.74) is 0. The van der Waals surface area contributed by atoms with E-state index in [0.717, 1.165) is 0 Å². The molecule has 15 heteroatoms. The van der Waals surface area contributed by atoms with Crippen LogP contribution in [0, 0.1) is 3.57 Å². The Balaban J connectivity index is 0.000000577. The second kappa shape index (κ2) is 8.47. The van der Waals surface area contributed by atoms with Crippen LogP contribution in [0.4, 0.5) is 39.5 Å². The standard InChI is InChI=1S/C7H8IO.C4HF9O3S/c1-9-8-7-5-3-2-4-6-7;5-1(6,3(9,10)11)2(7,8)4(12,13)17(14,15)16/h2-6H,1H3;(H,14,15,16)/q+1;/p-1. The Morgan fingerprint density at radius 2 is 1.31 bits per heavy atom. The first-order valence-corrected chi connectivity index (χ1v) is 9.18. The minimum Gasteiger partial charge on any atom is -0.743 e. The van der Waals surface area contributed by atoms with Gasteiger partial charge in [-0.2, -0.15) is 39.5 Å². The van der Waals surface area contributed by atoms with Crippen molar-refractivity contribution in [3.05, 3.63) is 33.9 Å². The molecule has 1 aromatic carbocycles. The minimum atomic E-state index is -7.43. The lowest BCUT2D eigenvalue weighted by Crippen LogP contribution is -3.61. The van der Waals surface area contributed by atoms with Gasteiger partial charge in [0, 0.05) is 0 Å². The SMILES string of the molecule is CO[I+]c1ccccc1.O=S(=O)([O-])C(F)(F)C(F)(F)C(F)(F)C(F)(F)F. The largest absolute Gasteiger partial charge is 0.743 e. The molecule has 0 amide bonds. The van der Waals surface area contributed by atoms with E-state index in [9.17, 15) is 52.5 Å². The fourth-order valence-corrected chi connectivity index (χ4v) is 2.73. The average molecular weight is 534 g/mol. The molecular formula is C11H8F9IO4S. The van der Waals surface area contributed by atoms with Gasteiger partial charge in [-0.3, -0.25) is 0 Å². The first kappa shape index (κ1) is 25.2. The summed E-state index contributed by atoms with van der Waals surface area (Å²) in [6, 6.07) is 10.3. The summed E-state index contributed by atoms with van der Waals surface area (Å²) in [5, 5.41) is -7.11. The predicted octanol–water partition coefficient (Wildman–Crippen LogP) is 0.464. The molecule has 0 unspecified atom stereocenters. The molecule has 0 aliphatic rings. The van der Waals surface area contributed by atoms with E-state index in [1.165, 1.54) is 3.57 Å². The van der Waals surface area contributed by atoms with Crippen LogP contribution in [0.25, 0.3) is 0 Å². The number of halogens is 10. The van der Waals surface area contributed by atoms with Crippen LogP contribution < -0.4 is 21.6 Å². The number of hydrogen-bond donors (Lipinski definition) is 0. The maximum atomic E-state index is 12.2. The second-order valence-corrected chi connectivity index (χ2v) is 8.13. The molecule has 0 aliphatic heterocycles. The molecule has 1 rings (SSSR count). The fraction of sp³-hybridized carbons (Fsp3) is 0.455. The molecule has 0 bridgehead atoms. The van der Waals surface area contributed by atoms with E-state index in [0.29, 0.717) is 0 Å². The zero-order chi connectivity index (χ0) is 21.0. The highest BCUT2D eigenvalue weighted by molar-refractivity contribution is 7.86. The summed E-state index contributed by atoms with van der Waals surface area (Å²) >= 11 is -0.170. The van der Waals surface area contributed by atoms with Gasteiger partial charge in [-0.25, -0.2) is 8.42 Å². The topological polar surface area (TPSA) is 66.4 Å². The van der Waals surface area contributed by atoms with Crippen molar-refractivity contribution in [2.24, 2.45) is 0 Å². The van der Waals surface area contributed by atoms with Crippen molar-refractivity contribution < 1.29 is 77.2 Å². The summed E-state index contributed by atoms with van der Waals surface area (Å²) in [6.45, 7) is 0. The molecule has 0 aliphatic carbocycles. The molecule has 26 heavy (non-hydrogen) atoms. The van der Waals surface area contributed by atoms with Crippen LogP contribution in [0.3, 0.4) is 0 Å². The summed E-state index contributed by atoms with van der Waals surface area (Å²) < 4.78 is 142. The Morgan fingerprint density at radius 3 is 1.62 bits per heavy atom. The lowest BCUT2D eigenvalue weighted by molar-refractivity contribution is -0.870. The average Bonchev–Trinajstić information content (AvgIpc) is 2.46. The zero-order valence-electron chi connectivity index (χ0n) is 12.2. The number of alkyl halides is 9. The monoisotopic (exact) mass is 534 g/mol. The quantitative estimate of drug-likeness (QED) is 0.313. The molecule has 0 aromatic heterocycles. The van der Waals surface area contributed by atoms with Gasteiger partial charge in [-0.05, 0) is 12.1 Å². The highest BCUT2D eigenvalue weighted by Gasteiger charge is 2.83. The Kier molecular flexibility index (Phi) is 8.21. The minimum absolute atomic E-state index is 0.170. The summed E-state index contributed by atoms with van der Waals surface area (Å²) in [7, 11) is -5.67. The first-order chi connectivity index (χ1) is 11.4. The van der Waals surface area contributed by atoms with Crippen molar-refractivity contribution in [2.75, 3.05) is 7.11 Å². The van der Waals surface area contributed by atoms with E-state index in [1.54, 1.807) is 7.11 Å². The van der Waals surface area contributed by atoms with Gasteiger partial charge in [0.1, 0.15) is 0 Å². The van der Waals surface area contributed by atoms with E-state index in [-0.39, 0.29) is 21.6 Å². The summed E-state index contributed by atoms with van der Waals surface area (Å²) in [4.78, 5) is 0. The van der Waals surface area contributed by atoms with Gasteiger partial charge >= 0.3 is 44.9 Å². The van der Waals surface area contributed by atoms with Crippen LogP contribution in [-0.4, -0.2) is 43.4 Å². The molecule has 0 fully saturated rings. The number of hydrogen-bond acceptors (Lipinski definition) is 4. The first-order valence-electron chi connectivity index (χ1n) is 5.82. The van der Waals surface area contributed by atoms with Gasteiger partial charge in [-0.15, -0.1) is 3.07 Å². The molecule has 0 N–H and O–H groups in total. The van der Waals surface area contributed by atoms with E-state index in [1.807, 2.05) is 18.2 Å². The Bertz CT molecular complexity index is 677. The normalized spacial score (nSPS) is 13.8. The molecule has 4 nitrogen and oxygen atoms in total. The van der Waals surface area contributed by atoms with E-state index < -0.39 is 33.4 Å². The van der Waals surface area contributed by atoms with Gasteiger partial charge in [0.2, 0.25) is 3.57 Å². The molecule has 1 aromatic rings. The van der Waals surface area contributed by atoms with Crippen molar-refractivity contribution in [2.45, 2.75) is 23.3 Å². The van der Waals surface area contributed by atoms with Crippen LogP contribution in [0.2, 0.25) is 0 Å². The van der Waals surface area contributed by atoms with Crippen molar-refractivity contribution in [3.8, 4) is 0 Å². The van der Waals surface area contributed by atoms with E-state index in [4.69, 9.17) is 3.07 Å². The maximum Gasteiger partial charge on any atom is 0.521 e. The lowest BCUT2D eigenvalue weighted by atomic mass is 10.1. The van der Waals surface area contributed by atoms with Crippen molar-refractivity contribution in [1.82, 2.24) is 0 Å². The van der Waals surface area contributed by atoms with Gasteiger partial charge in [0.05, 0.1) is 7.11 Å². The fourth-order valence-electron chi connectivity index (χ4n) is 1.07. The third-order valence-corrected chi connectivity index (χ3v) is 4.88. The zero-order valence-corrected chi connectivity index (χ0v) is 15.2. The molecule has 152 valence electrons. The van der Waals surface area contributed by atoms with Crippen molar-refractivity contribution >= 4 is 10.1 Å². The van der Waals surface area contributed by atoms with Gasteiger partial charge < -0.3 is 4.55 Å². The summed E-state index contributed by atoms with van der Waals surface area (Å²) in [5.74, 6) is -14.8. The third-order valence-electron chi connectivity index (χ3n) is 2.33. The molecule has 0 radical (unpaired) electrons. The Morgan fingerprint density at radius 1 is 0.885 bits per heavy atom. The van der Waals surface area contributed by atoms with E-state index in [2.05, 4.69) is 12.1 Å².